The predicted octanol–water partition coefficient (Wildman–Crippen LogP) is 6.54. The lowest BCUT2D eigenvalue weighted by molar-refractivity contribution is 0.0920. The third-order valence-corrected chi connectivity index (χ3v) is 4.93. The van der Waals surface area contributed by atoms with Crippen molar-refractivity contribution in [1.29, 1.82) is 0 Å². The molecule has 0 aliphatic heterocycles. The SMILES string of the molecule is O=C(COc1c(Br)cc(Br)cc1Br)c1ccc(Cl)c(Cl)c1. The molecule has 0 amide bonds. The molecule has 0 aliphatic rings. The van der Waals surface area contributed by atoms with E-state index in [1.807, 2.05) is 12.1 Å². The molecule has 2 rings (SSSR count). The highest BCUT2D eigenvalue weighted by atomic mass is 79.9. The smallest absolute Gasteiger partial charge is 0.200 e. The summed E-state index contributed by atoms with van der Waals surface area (Å²) in [6.07, 6.45) is 0. The first kappa shape index (κ1) is 17.3. The Bertz CT molecular complexity index is 682. The molecule has 2 nitrogen and oxygen atoms in total. The molecule has 7 heteroatoms. The van der Waals surface area contributed by atoms with Gasteiger partial charge in [0, 0.05) is 10.0 Å². The number of halogens is 5. The van der Waals surface area contributed by atoms with Gasteiger partial charge in [-0.15, -0.1) is 0 Å². The van der Waals surface area contributed by atoms with Crippen molar-refractivity contribution in [2.75, 3.05) is 6.61 Å². The van der Waals surface area contributed by atoms with Crippen LogP contribution in [0.5, 0.6) is 5.75 Å². The van der Waals surface area contributed by atoms with Crippen molar-refractivity contribution < 1.29 is 9.53 Å². The Morgan fingerprint density at radius 3 is 2.19 bits per heavy atom. The maximum Gasteiger partial charge on any atom is 0.200 e. The molecule has 0 aliphatic carbocycles. The van der Waals surface area contributed by atoms with Gasteiger partial charge in [0.1, 0.15) is 5.75 Å². The standard InChI is InChI=1S/C14H7Br3Cl2O2/c15-8-4-9(16)14(10(17)5-8)21-6-13(20)7-1-2-11(18)12(19)3-7/h1-5H,6H2. The van der Waals surface area contributed by atoms with E-state index in [-0.39, 0.29) is 12.4 Å². The molecule has 110 valence electrons. The van der Waals surface area contributed by atoms with Gasteiger partial charge in [-0.3, -0.25) is 4.79 Å². The normalized spacial score (nSPS) is 10.5. The molecule has 0 fully saturated rings. The van der Waals surface area contributed by atoms with E-state index in [9.17, 15) is 4.79 Å². The van der Waals surface area contributed by atoms with E-state index in [0.29, 0.717) is 21.4 Å². The summed E-state index contributed by atoms with van der Waals surface area (Å²) >= 11 is 21.9. The minimum Gasteiger partial charge on any atom is -0.483 e. The molecule has 0 unspecified atom stereocenters. The van der Waals surface area contributed by atoms with Crippen LogP contribution in [-0.2, 0) is 0 Å². The molecular weight excluding hydrogens is 511 g/mol. The number of carbonyl (C=O) groups excluding carboxylic acids is 1. The van der Waals surface area contributed by atoms with Gasteiger partial charge in [-0.2, -0.15) is 0 Å². The summed E-state index contributed by atoms with van der Waals surface area (Å²) in [5.74, 6) is 0.377. The van der Waals surface area contributed by atoms with Gasteiger partial charge in [-0.1, -0.05) is 39.1 Å². The van der Waals surface area contributed by atoms with Crippen molar-refractivity contribution in [2.24, 2.45) is 0 Å². The van der Waals surface area contributed by atoms with Gasteiger partial charge in [0.25, 0.3) is 0 Å². The first-order valence-electron chi connectivity index (χ1n) is 5.64. The van der Waals surface area contributed by atoms with Crippen LogP contribution in [0.25, 0.3) is 0 Å². The second-order valence-electron chi connectivity index (χ2n) is 4.04. The molecule has 0 radical (unpaired) electrons. The fraction of sp³-hybridized carbons (Fsp3) is 0.0714. The minimum absolute atomic E-state index is 0.100. The Labute approximate surface area is 157 Å². The molecule has 2 aromatic rings. The van der Waals surface area contributed by atoms with Crippen LogP contribution in [0.2, 0.25) is 10.0 Å². The highest BCUT2D eigenvalue weighted by Crippen LogP contribution is 2.36. The third-order valence-electron chi connectivity index (χ3n) is 2.55. The molecule has 0 saturated carbocycles. The topological polar surface area (TPSA) is 26.3 Å². The first-order chi connectivity index (χ1) is 9.88. The summed E-state index contributed by atoms with van der Waals surface area (Å²) < 4.78 is 7.94. The van der Waals surface area contributed by atoms with Crippen LogP contribution in [0.1, 0.15) is 10.4 Å². The molecule has 2 aromatic carbocycles. The number of ketones is 1. The van der Waals surface area contributed by atoms with Crippen LogP contribution in [0.3, 0.4) is 0 Å². The number of rotatable bonds is 4. The third kappa shape index (κ3) is 4.45. The molecule has 0 N–H and O–H groups in total. The van der Waals surface area contributed by atoms with Gasteiger partial charge in [0.2, 0.25) is 0 Å². The fourth-order valence-electron chi connectivity index (χ4n) is 1.56. The maximum absolute atomic E-state index is 12.1. The first-order valence-corrected chi connectivity index (χ1v) is 8.77. The largest absolute Gasteiger partial charge is 0.483 e. The van der Waals surface area contributed by atoms with E-state index in [4.69, 9.17) is 27.9 Å². The van der Waals surface area contributed by atoms with Gasteiger partial charge in [-0.05, 0) is 62.2 Å². The predicted molar refractivity (Wildman–Crippen MR) is 95.8 cm³/mol. The minimum atomic E-state index is -0.185. The zero-order valence-corrected chi connectivity index (χ0v) is 16.6. The van der Waals surface area contributed by atoms with Crippen molar-refractivity contribution in [1.82, 2.24) is 0 Å². The molecular formula is C14H7Br3Cl2O2. The summed E-state index contributed by atoms with van der Waals surface area (Å²) in [6.45, 7) is -0.100. The van der Waals surface area contributed by atoms with Crippen LogP contribution < -0.4 is 4.74 Å². The molecule has 0 saturated heterocycles. The Hall–Kier alpha value is -0.0700. The van der Waals surface area contributed by atoms with E-state index in [0.717, 1.165) is 13.4 Å². The zero-order chi connectivity index (χ0) is 15.6. The number of hydrogen-bond donors (Lipinski definition) is 0. The quantitative estimate of drug-likeness (QED) is 0.430. The highest BCUT2D eigenvalue weighted by molar-refractivity contribution is 9.11. The number of benzene rings is 2. The van der Waals surface area contributed by atoms with Crippen LogP contribution in [0.15, 0.2) is 43.7 Å². The Balaban J connectivity index is 2.13. The monoisotopic (exact) mass is 514 g/mol. The van der Waals surface area contributed by atoms with Crippen LogP contribution >= 0.6 is 71.0 Å². The molecule has 21 heavy (non-hydrogen) atoms. The van der Waals surface area contributed by atoms with E-state index < -0.39 is 0 Å². The lowest BCUT2D eigenvalue weighted by atomic mass is 10.1. The van der Waals surface area contributed by atoms with Gasteiger partial charge in [-0.25, -0.2) is 0 Å². The van der Waals surface area contributed by atoms with E-state index >= 15 is 0 Å². The van der Waals surface area contributed by atoms with Crippen molar-refractivity contribution in [3.8, 4) is 5.75 Å². The maximum atomic E-state index is 12.1. The van der Waals surface area contributed by atoms with Crippen molar-refractivity contribution in [3.05, 3.63) is 59.4 Å². The number of hydrogen-bond acceptors (Lipinski definition) is 2. The van der Waals surface area contributed by atoms with Crippen molar-refractivity contribution in [3.63, 3.8) is 0 Å². The molecule has 0 heterocycles. The number of Topliss-reactive ketones (excluding diaryl/α,β-unsaturated/α-hetero) is 1. The molecule has 0 aromatic heterocycles. The van der Waals surface area contributed by atoms with Crippen LogP contribution in [-0.4, -0.2) is 12.4 Å². The summed E-state index contributed by atoms with van der Waals surface area (Å²) in [5.41, 5.74) is 0.453. The fourth-order valence-corrected chi connectivity index (χ4v) is 4.34. The van der Waals surface area contributed by atoms with E-state index in [1.54, 1.807) is 12.1 Å². The van der Waals surface area contributed by atoms with Gasteiger partial charge < -0.3 is 4.74 Å². The Kier molecular flexibility index (Phi) is 6.15. The summed E-state index contributed by atoms with van der Waals surface area (Å²) in [5, 5.41) is 0.751. The van der Waals surface area contributed by atoms with E-state index in [1.165, 1.54) is 6.07 Å². The van der Waals surface area contributed by atoms with Gasteiger partial charge in [0.05, 0.1) is 19.0 Å². The molecule has 0 spiro atoms. The van der Waals surface area contributed by atoms with Gasteiger partial charge >= 0.3 is 0 Å². The lowest BCUT2D eigenvalue weighted by Gasteiger charge is -2.10. The number of ether oxygens (including phenoxy) is 1. The van der Waals surface area contributed by atoms with Crippen molar-refractivity contribution >= 4 is 76.8 Å². The average molecular weight is 518 g/mol. The summed E-state index contributed by atoms with van der Waals surface area (Å²) in [4.78, 5) is 12.1. The Morgan fingerprint density at radius 1 is 1.00 bits per heavy atom. The summed E-state index contributed by atoms with van der Waals surface area (Å²) in [6, 6.07) is 8.41. The lowest BCUT2D eigenvalue weighted by Crippen LogP contribution is -2.12. The Morgan fingerprint density at radius 2 is 1.62 bits per heavy atom. The number of carbonyl (C=O) groups is 1. The highest BCUT2D eigenvalue weighted by Gasteiger charge is 2.13. The second-order valence-corrected chi connectivity index (χ2v) is 7.48. The van der Waals surface area contributed by atoms with Gasteiger partial charge in [0.15, 0.2) is 12.4 Å². The van der Waals surface area contributed by atoms with Crippen LogP contribution in [0.4, 0.5) is 0 Å². The summed E-state index contributed by atoms with van der Waals surface area (Å²) in [7, 11) is 0. The second kappa shape index (κ2) is 7.47. The average Bonchev–Trinajstić information content (AvgIpc) is 2.40. The molecule has 0 bridgehead atoms. The van der Waals surface area contributed by atoms with Crippen LogP contribution in [0, 0.1) is 0 Å². The zero-order valence-electron chi connectivity index (χ0n) is 10.3. The molecule has 0 atom stereocenters. The van der Waals surface area contributed by atoms with E-state index in [2.05, 4.69) is 47.8 Å². The van der Waals surface area contributed by atoms with Crippen molar-refractivity contribution in [2.45, 2.75) is 0 Å².